The zero-order chi connectivity index (χ0) is 7.72. The molecule has 1 unspecified atom stereocenters. The summed E-state index contributed by atoms with van der Waals surface area (Å²) in [5.41, 5.74) is 0.846. The summed E-state index contributed by atoms with van der Waals surface area (Å²) >= 11 is 0. The van der Waals surface area contributed by atoms with Gasteiger partial charge in [0.2, 0.25) is 5.91 Å². The topological polar surface area (TPSA) is 29.1 Å². The molecular formula is C8H13NO. The Balaban J connectivity index is 2.65. The summed E-state index contributed by atoms with van der Waals surface area (Å²) < 4.78 is 0. The van der Waals surface area contributed by atoms with E-state index in [-0.39, 0.29) is 11.9 Å². The zero-order valence-electron chi connectivity index (χ0n) is 6.64. The van der Waals surface area contributed by atoms with Crippen LogP contribution in [0.1, 0.15) is 20.8 Å². The zero-order valence-corrected chi connectivity index (χ0v) is 6.64. The Kier molecular flexibility index (Phi) is 1.79. The lowest BCUT2D eigenvalue weighted by Gasteiger charge is -2.11. The maximum absolute atomic E-state index is 10.9. The van der Waals surface area contributed by atoms with Crippen molar-refractivity contribution in [1.82, 2.24) is 5.32 Å². The highest BCUT2D eigenvalue weighted by Gasteiger charge is 2.21. The van der Waals surface area contributed by atoms with Crippen LogP contribution in [-0.4, -0.2) is 11.9 Å². The molecule has 1 heterocycles. The number of carbonyl (C=O) groups is 1. The second-order valence-corrected chi connectivity index (χ2v) is 3.09. The molecule has 0 saturated heterocycles. The van der Waals surface area contributed by atoms with Crippen LogP contribution >= 0.6 is 0 Å². The van der Waals surface area contributed by atoms with E-state index >= 15 is 0 Å². The van der Waals surface area contributed by atoms with Gasteiger partial charge in [-0.25, -0.2) is 0 Å². The smallest absolute Gasteiger partial charge is 0.247 e. The summed E-state index contributed by atoms with van der Waals surface area (Å²) in [6, 6.07) is 0.257. The number of hydrogen-bond acceptors (Lipinski definition) is 1. The highest BCUT2D eigenvalue weighted by molar-refractivity contribution is 5.95. The summed E-state index contributed by atoms with van der Waals surface area (Å²) in [5.74, 6) is 0.583. The lowest BCUT2D eigenvalue weighted by Crippen LogP contribution is -2.31. The van der Waals surface area contributed by atoms with Gasteiger partial charge in [-0.2, -0.15) is 0 Å². The van der Waals surface area contributed by atoms with Crippen molar-refractivity contribution in [3.63, 3.8) is 0 Å². The summed E-state index contributed by atoms with van der Waals surface area (Å²) in [7, 11) is 0. The highest BCUT2D eigenvalue weighted by Crippen LogP contribution is 2.12. The van der Waals surface area contributed by atoms with Crippen LogP contribution in [0.5, 0.6) is 0 Å². The van der Waals surface area contributed by atoms with E-state index in [9.17, 15) is 4.79 Å². The molecule has 2 nitrogen and oxygen atoms in total. The molecular weight excluding hydrogens is 126 g/mol. The minimum Gasteiger partial charge on any atom is -0.346 e. The Morgan fingerprint density at radius 2 is 2.20 bits per heavy atom. The molecule has 10 heavy (non-hydrogen) atoms. The number of hydrogen-bond donors (Lipinski definition) is 1. The van der Waals surface area contributed by atoms with Gasteiger partial charge in [0.05, 0.1) is 6.04 Å². The van der Waals surface area contributed by atoms with Gasteiger partial charge in [-0.05, 0) is 12.8 Å². The summed E-state index contributed by atoms with van der Waals surface area (Å²) in [6.07, 6.45) is 1.99. The van der Waals surface area contributed by atoms with Gasteiger partial charge in [0.25, 0.3) is 0 Å². The van der Waals surface area contributed by atoms with Crippen LogP contribution in [0.2, 0.25) is 0 Å². The summed E-state index contributed by atoms with van der Waals surface area (Å²) in [5, 5.41) is 2.87. The van der Waals surface area contributed by atoms with E-state index < -0.39 is 0 Å². The molecule has 0 aromatic heterocycles. The Labute approximate surface area is 61.3 Å². The molecule has 0 aromatic carbocycles. The number of carbonyl (C=O) groups excluding carboxylic acids is 1. The lowest BCUT2D eigenvalue weighted by molar-refractivity contribution is -0.117. The SMILES string of the molecule is CC1=CC(C(C)C)NC1=O. The molecule has 0 spiro atoms. The Morgan fingerprint density at radius 1 is 1.60 bits per heavy atom. The second kappa shape index (κ2) is 2.45. The van der Waals surface area contributed by atoms with Crippen molar-refractivity contribution in [3.8, 4) is 0 Å². The maximum atomic E-state index is 10.9. The molecule has 56 valence electrons. The van der Waals surface area contributed by atoms with Gasteiger partial charge in [-0.1, -0.05) is 19.9 Å². The van der Waals surface area contributed by atoms with Gasteiger partial charge in [0.15, 0.2) is 0 Å². The minimum atomic E-state index is 0.0821. The van der Waals surface area contributed by atoms with Crippen molar-refractivity contribution in [1.29, 1.82) is 0 Å². The molecule has 0 aliphatic carbocycles. The van der Waals surface area contributed by atoms with Crippen molar-refractivity contribution in [3.05, 3.63) is 11.6 Å². The van der Waals surface area contributed by atoms with Gasteiger partial charge in [-0.3, -0.25) is 4.79 Å². The molecule has 1 rings (SSSR count). The summed E-state index contributed by atoms with van der Waals surface area (Å²) in [6.45, 7) is 6.04. The quantitative estimate of drug-likeness (QED) is 0.578. The normalized spacial score (nSPS) is 25.0. The number of amides is 1. The lowest BCUT2D eigenvalue weighted by atomic mass is 10.1. The highest BCUT2D eigenvalue weighted by atomic mass is 16.1. The van der Waals surface area contributed by atoms with Crippen molar-refractivity contribution >= 4 is 5.91 Å². The molecule has 1 aliphatic rings. The first-order valence-electron chi connectivity index (χ1n) is 3.60. The van der Waals surface area contributed by atoms with E-state index in [0.29, 0.717) is 5.92 Å². The van der Waals surface area contributed by atoms with E-state index in [1.54, 1.807) is 0 Å². The fourth-order valence-electron chi connectivity index (χ4n) is 1.01. The molecule has 0 bridgehead atoms. The first-order valence-corrected chi connectivity index (χ1v) is 3.60. The first-order chi connectivity index (χ1) is 4.61. The van der Waals surface area contributed by atoms with Crippen molar-refractivity contribution in [2.45, 2.75) is 26.8 Å². The van der Waals surface area contributed by atoms with Crippen LogP contribution in [0.25, 0.3) is 0 Å². The summed E-state index contributed by atoms with van der Waals surface area (Å²) in [4.78, 5) is 10.9. The second-order valence-electron chi connectivity index (χ2n) is 3.09. The van der Waals surface area contributed by atoms with Crippen molar-refractivity contribution in [2.24, 2.45) is 5.92 Å². The Bertz CT molecular complexity index is 182. The van der Waals surface area contributed by atoms with Crippen LogP contribution in [-0.2, 0) is 4.79 Å². The third kappa shape index (κ3) is 1.20. The third-order valence-electron chi connectivity index (χ3n) is 1.80. The van der Waals surface area contributed by atoms with Crippen LogP contribution in [0.4, 0.5) is 0 Å². The van der Waals surface area contributed by atoms with Gasteiger partial charge in [-0.15, -0.1) is 0 Å². The third-order valence-corrected chi connectivity index (χ3v) is 1.80. The standard InChI is InChI=1S/C8H13NO/c1-5(2)7-4-6(3)8(10)9-7/h4-5,7H,1-3H3,(H,9,10). The van der Waals surface area contributed by atoms with Gasteiger partial charge in [0.1, 0.15) is 0 Å². The van der Waals surface area contributed by atoms with Gasteiger partial charge >= 0.3 is 0 Å². The maximum Gasteiger partial charge on any atom is 0.247 e. The predicted molar refractivity (Wildman–Crippen MR) is 40.5 cm³/mol. The van der Waals surface area contributed by atoms with E-state index in [1.165, 1.54) is 0 Å². The van der Waals surface area contributed by atoms with Crippen LogP contribution < -0.4 is 5.32 Å². The molecule has 0 radical (unpaired) electrons. The number of nitrogens with one attached hydrogen (secondary N) is 1. The van der Waals surface area contributed by atoms with Gasteiger partial charge in [0, 0.05) is 5.57 Å². The minimum absolute atomic E-state index is 0.0821. The molecule has 1 atom stereocenters. The molecule has 0 saturated carbocycles. The first kappa shape index (κ1) is 7.32. The van der Waals surface area contributed by atoms with Crippen LogP contribution in [0.3, 0.4) is 0 Å². The fraction of sp³-hybridized carbons (Fsp3) is 0.625. The van der Waals surface area contributed by atoms with E-state index in [2.05, 4.69) is 19.2 Å². The average molecular weight is 139 g/mol. The predicted octanol–water partition coefficient (Wildman–Crippen LogP) is 1.09. The molecule has 1 N–H and O–H groups in total. The largest absolute Gasteiger partial charge is 0.346 e. The van der Waals surface area contributed by atoms with Crippen LogP contribution in [0.15, 0.2) is 11.6 Å². The van der Waals surface area contributed by atoms with E-state index in [0.717, 1.165) is 5.57 Å². The molecule has 1 amide bonds. The van der Waals surface area contributed by atoms with E-state index in [4.69, 9.17) is 0 Å². The fourth-order valence-corrected chi connectivity index (χ4v) is 1.01. The number of rotatable bonds is 1. The molecule has 0 fully saturated rings. The van der Waals surface area contributed by atoms with Crippen molar-refractivity contribution < 1.29 is 4.79 Å². The Hall–Kier alpha value is -0.790. The monoisotopic (exact) mass is 139 g/mol. The molecule has 2 heteroatoms. The van der Waals surface area contributed by atoms with Gasteiger partial charge < -0.3 is 5.32 Å². The van der Waals surface area contributed by atoms with Crippen molar-refractivity contribution in [2.75, 3.05) is 0 Å². The molecule has 0 aromatic rings. The Morgan fingerprint density at radius 3 is 2.40 bits per heavy atom. The average Bonchev–Trinajstić information content (AvgIpc) is 2.13. The van der Waals surface area contributed by atoms with E-state index in [1.807, 2.05) is 13.0 Å². The van der Waals surface area contributed by atoms with Crippen LogP contribution in [0, 0.1) is 5.92 Å². The molecule has 1 aliphatic heterocycles.